The lowest BCUT2D eigenvalue weighted by Gasteiger charge is -2.16. The summed E-state index contributed by atoms with van der Waals surface area (Å²) in [4.78, 5) is 27.0. The van der Waals surface area contributed by atoms with Gasteiger partial charge in [0.05, 0.1) is 36.5 Å². The average Bonchev–Trinajstić information content (AvgIpc) is 3.53. The summed E-state index contributed by atoms with van der Waals surface area (Å²) in [6.07, 6.45) is 8.32. The SMILES string of the molecule is CSc1ccc2cnn(CC(CN)OC(=O)/C=C/C(=O)OC(CN)Cn3ncc4ccc(SC)cc43)c2c1. The Morgan fingerprint density at radius 3 is 1.61 bits per heavy atom. The number of aromatic nitrogens is 4. The van der Waals surface area contributed by atoms with Gasteiger partial charge in [0.15, 0.2) is 0 Å². The summed E-state index contributed by atoms with van der Waals surface area (Å²) >= 11 is 3.26. The highest BCUT2D eigenvalue weighted by atomic mass is 32.2. The van der Waals surface area contributed by atoms with Crippen LogP contribution in [-0.4, -0.2) is 69.3 Å². The number of carbonyl (C=O) groups is 2. The van der Waals surface area contributed by atoms with Crippen molar-refractivity contribution in [1.82, 2.24) is 19.6 Å². The molecule has 200 valence electrons. The van der Waals surface area contributed by atoms with Crippen molar-refractivity contribution in [1.29, 1.82) is 0 Å². The predicted molar refractivity (Wildman–Crippen MR) is 150 cm³/mol. The topological polar surface area (TPSA) is 140 Å². The molecule has 4 rings (SSSR count). The van der Waals surface area contributed by atoms with Gasteiger partial charge in [-0.25, -0.2) is 9.59 Å². The van der Waals surface area contributed by atoms with Gasteiger partial charge in [0.2, 0.25) is 0 Å². The number of carbonyl (C=O) groups excluding carboxylic acids is 2. The molecule has 2 atom stereocenters. The fraction of sp³-hybridized carbons (Fsp3) is 0.308. The summed E-state index contributed by atoms with van der Waals surface area (Å²) < 4.78 is 14.4. The van der Waals surface area contributed by atoms with Gasteiger partial charge in [-0.15, -0.1) is 23.5 Å². The zero-order valence-electron chi connectivity index (χ0n) is 21.1. The molecule has 2 unspecified atom stereocenters. The minimum atomic E-state index is -0.703. The van der Waals surface area contributed by atoms with Crippen LogP contribution >= 0.6 is 23.5 Å². The van der Waals surface area contributed by atoms with E-state index in [2.05, 4.69) is 10.2 Å². The molecule has 2 aromatic heterocycles. The second-order valence-corrected chi connectivity index (χ2v) is 10.2. The van der Waals surface area contributed by atoms with Gasteiger partial charge in [-0.2, -0.15) is 10.2 Å². The molecule has 0 saturated carbocycles. The van der Waals surface area contributed by atoms with E-state index in [1.165, 1.54) is 0 Å². The fourth-order valence-corrected chi connectivity index (χ4v) is 4.76. The highest BCUT2D eigenvalue weighted by Gasteiger charge is 2.17. The van der Waals surface area contributed by atoms with Gasteiger partial charge in [0.25, 0.3) is 0 Å². The zero-order chi connectivity index (χ0) is 27.1. The highest BCUT2D eigenvalue weighted by molar-refractivity contribution is 7.98. The van der Waals surface area contributed by atoms with Crippen LogP contribution in [0.3, 0.4) is 0 Å². The maximum Gasteiger partial charge on any atom is 0.331 e. The monoisotopic (exact) mass is 554 g/mol. The lowest BCUT2D eigenvalue weighted by Crippen LogP contribution is -2.31. The largest absolute Gasteiger partial charge is 0.456 e. The highest BCUT2D eigenvalue weighted by Crippen LogP contribution is 2.23. The Bertz CT molecular complexity index is 1340. The third kappa shape index (κ3) is 6.76. The van der Waals surface area contributed by atoms with Gasteiger partial charge < -0.3 is 20.9 Å². The van der Waals surface area contributed by atoms with Gasteiger partial charge in [-0.05, 0) is 36.8 Å². The molecule has 2 aromatic carbocycles. The van der Waals surface area contributed by atoms with Gasteiger partial charge >= 0.3 is 11.9 Å². The van der Waals surface area contributed by atoms with Crippen molar-refractivity contribution in [3.63, 3.8) is 0 Å². The van der Waals surface area contributed by atoms with Gasteiger partial charge in [-0.3, -0.25) is 9.36 Å². The van der Waals surface area contributed by atoms with E-state index in [4.69, 9.17) is 20.9 Å². The van der Waals surface area contributed by atoms with E-state index in [0.717, 1.165) is 43.7 Å². The molecule has 38 heavy (non-hydrogen) atoms. The summed E-state index contributed by atoms with van der Waals surface area (Å²) in [5.74, 6) is -1.41. The van der Waals surface area contributed by atoms with Gasteiger partial charge in [-0.1, -0.05) is 12.1 Å². The number of thioether (sulfide) groups is 2. The smallest absolute Gasteiger partial charge is 0.331 e. The van der Waals surface area contributed by atoms with Gasteiger partial charge in [0, 0.05) is 45.8 Å². The number of nitrogens with two attached hydrogens (primary N) is 2. The van der Waals surface area contributed by atoms with Crippen molar-refractivity contribution in [3.05, 3.63) is 60.9 Å². The first-order valence-electron chi connectivity index (χ1n) is 11.9. The van der Waals surface area contributed by atoms with Crippen LogP contribution in [0.5, 0.6) is 0 Å². The number of rotatable bonds is 12. The number of esters is 2. The van der Waals surface area contributed by atoms with Crippen molar-refractivity contribution in [2.45, 2.75) is 35.1 Å². The Morgan fingerprint density at radius 2 is 1.24 bits per heavy atom. The van der Waals surface area contributed by atoms with Crippen LogP contribution in [-0.2, 0) is 32.2 Å². The molecular weight excluding hydrogens is 524 g/mol. The molecule has 0 aliphatic heterocycles. The molecular formula is C26H30N6O4S2. The summed E-state index contributed by atoms with van der Waals surface area (Å²) in [5, 5.41) is 10.7. The van der Waals surface area contributed by atoms with E-state index in [1.54, 1.807) is 45.3 Å². The molecule has 2 heterocycles. The van der Waals surface area contributed by atoms with Crippen molar-refractivity contribution in [3.8, 4) is 0 Å². The van der Waals surface area contributed by atoms with Crippen LogP contribution in [0, 0.1) is 0 Å². The zero-order valence-corrected chi connectivity index (χ0v) is 22.8. The van der Waals surface area contributed by atoms with E-state index in [1.807, 2.05) is 48.9 Å². The predicted octanol–water partition coefficient (Wildman–Crippen LogP) is 2.83. The Balaban J connectivity index is 1.33. The Labute approximate surface area is 228 Å². The van der Waals surface area contributed by atoms with E-state index < -0.39 is 24.1 Å². The molecule has 0 radical (unpaired) electrons. The first-order chi connectivity index (χ1) is 18.4. The summed E-state index contributed by atoms with van der Waals surface area (Å²) in [5.41, 5.74) is 13.5. The van der Waals surface area contributed by atoms with Crippen LogP contribution in [0.1, 0.15) is 0 Å². The van der Waals surface area contributed by atoms with Crippen LogP contribution < -0.4 is 11.5 Å². The lowest BCUT2D eigenvalue weighted by molar-refractivity contribution is -0.146. The molecule has 0 spiro atoms. The molecule has 4 N–H and O–H groups in total. The fourth-order valence-electron chi connectivity index (χ4n) is 3.89. The number of hydrogen-bond acceptors (Lipinski definition) is 10. The minimum absolute atomic E-state index is 0.0962. The number of hydrogen-bond donors (Lipinski definition) is 2. The van der Waals surface area contributed by atoms with E-state index in [0.29, 0.717) is 0 Å². The first kappa shape index (κ1) is 27.7. The van der Waals surface area contributed by atoms with Crippen molar-refractivity contribution in [2.75, 3.05) is 25.6 Å². The molecule has 0 aliphatic carbocycles. The third-order valence-corrected chi connectivity index (χ3v) is 7.35. The van der Waals surface area contributed by atoms with Crippen LogP contribution in [0.4, 0.5) is 0 Å². The van der Waals surface area contributed by atoms with Crippen molar-refractivity contribution < 1.29 is 19.1 Å². The molecule has 0 amide bonds. The minimum Gasteiger partial charge on any atom is -0.456 e. The quantitative estimate of drug-likeness (QED) is 0.153. The standard InChI is InChI=1S/C26H30N6O4S2/c1-37-21-5-3-17-13-29-31(23(17)9-21)15-19(11-27)35-25(33)7-8-26(34)36-20(12-28)16-32-24-10-22(38-2)6-4-18(24)14-30-32/h3-10,13-14,19-20H,11-12,15-16,27-28H2,1-2H3/b8-7+. The van der Waals surface area contributed by atoms with Crippen LogP contribution in [0.2, 0.25) is 0 Å². The van der Waals surface area contributed by atoms with Crippen molar-refractivity contribution in [2.24, 2.45) is 11.5 Å². The number of benzene rings is 2. The number of ether oxygens (including phenoxy) is 2. The lowest BCUT2D eigenvalue weighted by atomic mass is 10.2. The Kier molecular flexibility index (Phi) is 9.45. The van der Waals surface area contributed by atoms with E-state index in [-0.39, 0.29) is 26.2 Å². The Morgan fingerprint density at radius 1 is 0.816 bits per heavy atom. The third-order valence-electron chi connectivity index (χ3n) is 5.90. The number of nitrogens with zero attached hydrogens (tertiary/aromatic N) is 4. The molecule has 4 aromatic rings. The van der Waals surface area contributed by atoms with E-state index >= 15 is 0 Å². The maximum absolute atomic E-state index is 12.4. The molecule has 0 bridgehead atoms. The summed E-state index contributed by atoms with van der Waals surface area (Å²) in [7, 11) is 0. The first-order valence-corrected chi connectivity index (χ1v) is 14.4. The van der Waals surface area contributed by atoms with Crippen LogP contribution in [0.25, 0.3) is 21.8 Å². The summed E-state index contributed by atoms with van der Waals surface area (Å²) in [6.45, 7) is 0.762. The average molecular weight is 555 g/mol. The van der Waals surface area contributed by atoms with E-state index in [9.17, 15) is 9.59 Å². The maximum atomic E-state index is 12.4. The molecule has 12 heteroatoms. The molecule has 0 saturated heterocycles. The molecule has 10 nitrogen and oxygen atoms in total. The molecule has 0 fully saturated rings. The second kappa shape index (κ2) is 13.0. The Hall–Kier alpha value is -3.32. The normalized spacial score (nSPS) is 13.3. The second-order valence-electron chi connectivity index (χ2n) is 8.43. The van der Waals surface area contributed by atoms with Crippen LogP contribution in [0.15, 0.2) is 70.7 Å². The summed E-state index contributed by atoms with van der Waals surface area (Å²) in [6, 6.07) is 12.1. The molecule has 0 aliphatic rings. The van der Waals surface area contributed by atoms with Crippen molar-refractivity contribution >= 4 is 57.3 Å². The number of fused-ring (bicyclic) bond motifs is 2. The van der Waals surface area contributed by atoms with Gasteiger partial charge in [0.1, 0.15) is 12.2 Å².